The molecule has 0 radical (unpaired) electrons. The third kappa shape index (κ3) is 3.01. The number of alkyl halides is 3. The minimum atomic E-state index is -4.41. The molecule has 1 unspecified atom stereocenters. The van der Waals surface area contributed by atoms with Crippen molar-refractivity contribution < 1.29 is 17.9 Å². The van der Waals surface area contributed by atoms with Crippen LogP contribution < -0.4 is 16.0 Å². The van der Waals surface area contributed by atoms with E-state index in [0.717, 1.165) is 12.1 Å². The van der Waals surface area contributed by atoms with Gasteiger partial charge in [0.2, 0.25) is 0 Å². The van der Waals surface area contributed by atoms with E-state index in [1.807, 2.05) is 0 Å². The van der Waals surface area contributed by atoms with Gasteiger partial charge in [0.1, 0.15) is 5.69 Å². The van der Waals surface area contributed by atoms with Crippen LogP contribution in [0.1, 0.15) is 22.9 Å². The molecule has 0 bridgehead atoms. The number of rotatable bonds is 4. The second kappa shape index (κ2) is 5.74. The molecular weight excluding hydrogens is 285 g/mol. The fraction of sp³-hybridized carbons (Fsp3) is 0.308. The minimum absolute atomic E-state index is 0.370. The highest BCUT2D eigenvalue weighted by Gasteiger charge is 2.31. The molecule has 0 aliphatic rings. The number of hydrogen-bond acceptors (Lipinski definition) is 4. The van der Waals surface area contributed by atoms with E-state index in [2.05, 4.69) is 10.5 Å². The summed E-state index contributed by atoms with van der Waals surface area (Å²) in [5.74, 6) is 5.96. The molecule has 2 aromatic rings. The van der Waals surface area contributed by atoms with Gasteiger partial charge in [0.15, 0.2) is 5.75 Å². The zero-order valence-corrected chi connectivity index (χ0v) is 11.5. The van der Waals surface area contributed by atoms with Crippen LogP contribution in [0.5, 0.6) is 5.75 Å². The van der Waals surface area contributed by atoms with Gasteiger partial charge in [-0.25, -0.2) is 5.43 Å². The summed E-state index contributed by atoms with van der Waals surface area (Å²) in [6, 6.07) is 4.29. The molecule has 2 rings (SSSR count). The van der Waals surface area contributed by atoms with Gasteiger partial charge in [-0.3, -0.25) is 10.5 Å². The Balaban J connectivity index is 2.49. The van der Waals surface area contributed by atoms with Crippen molar-refractivity contribution in [2.45, 2.75) is 12.2 Å². The number of ether oxygens (including phenoxy) is 1. The summed E-state index contributed by atoms with van der Waals surface area (Å²) in [7, 11) is 3.12. The van der Waals surface area contributed by atoms with Gasteiger partial charge in [0, 0.05) is 7.05 Å². The zero-order chi connectivity index (χ0) is 15.6. The first-order chi connectivity index (χ1) is 9.88. The Hall–Kier alpha value is -2.06. The Morgan fingerprint density at radius 2 is 2.10 bits per heavy atom. The van der Waals surface area contributed by atoms with Crippen LogP contribution in [0.2, 0.25) is 0 Å². The Morgan fingerprint density at radius 1 is 1.38 bits per heavy atom. The molecule has 8 heteroatoms. The first-order valence-electron chi connectivity index (χ1n) is 6.07. The highest BCUT2D eigenvalue weighted by Crippen LogP contribution is 2.33. The number of halogens is 3. The number of nitrogens with zero attached hydrogens (tertiary/aromatic N) is 2. The van der Waals surface area contributed by atoms with E-state index in [1.54, 1.807) is 13.1 Å². The number of benzene rings is 1. The fourth-order valence-electron chi connectivity index (χ4n) is 2.14. The molecule has 0 saturated heterocycles. The standard InChI is InChI=1S/C13H15F3N4O/c1-20-12(10(21-2)7-18-20)11(19-17)8-4-3-5-9(6-8)13(14,15)16/h3-7,11,19H,17H2,1-2H3. The van der Waals surface area contributed by atoms with Crippen molar-refractivity contribution in [1.29, 1.82) is 0 Å². The molecule has 0 fully saturated rings. The van der Waals surface area contributed by atoms with Crippen molar-refractivity contribution in [3.05, 3.63) is 47.3 Å². The maximum Gasteiger partial charge on any atom is 0.416 e. The molecule has 0 amide bonds. The maximum atomic E-state index is 12.8. The summed E-state index contributed by atoms with van der Waals surface area (Å²) in [4.78, 5) is 0. The smallest absolute Gasteiger partial charge is 0.416 e. The van der Waals surface area contributed by atoms with Gasteiger partial charge in [-0.15, -0.1) is 0 Å². The quantitative estimate of drug-likeness (QED) is 0.669. The van der Waals surface area contributed by atoms with Crippen molar-refractivity contribution in [3.8, 4) is 5.75 Å². The highest BCUT2D eigenvalue weighted by atomic mass is 19.4. The van der Waals surface area contributed by atoms with E-state index >= 15 is 0 Å². The SMILES string of the molecule is COc1cnn(C)c1C(NN)c1cccc(C(F)(F)F)c1. The Morgan fingerprint density at radius 3 is 2.67 bits per heavy atom. The molecular formula is C13H15F3N4O. The summed E-state index contributed by atoms with van der Waals surface area (Å²) in [5.41, 5.74) is 2.68. The average molecular weight is 300 g/mol. The second-order valence-electron chi connectivity index (χ2n) is 4.44. The third-order valence-corrected chi connectivity index (χ3v) is 3.16. The Kier molecular flexibility index (Phi) is 4.19. The van der Waals surface area contributed by atoms with E-state index < -0.39 is 17.8 Å². The molecule has 1 aromatic heterocycles. The Bertz CT molecular complexity index is 624. The molecule has 0 aliphatic carbocycles. The van der Waals surface area contributed by atoms with Crippen LogP contribution >= 0.6 is 0 Å². The first-order valence-corrected chi connectivity index (χ1v) is 6.07. The number of nitrogens with one attached hydrogen (secondary N) is 1. The lowest BCUT2D eigenvalue weighted by Gasteiger charge is -2.19. The molecule has 0 spiro atoms. The van der Waals surface area contributed by atoms with Crippen molar-refractivity contribution >= 4 is 0 Å². The van der Waals surface area contributed by atoms with Gasteiger partial charge >= 0.3 is 6.18 Å². The van der Waals surface area contributed by atoms with Crippen molar-refractivity contribution in [2.75, 3.05) is 7.11 Å². The molecule has 21 heavy (non-hydrogen) atoms. The van der Waals surface area contributed by atoms with E-state index in [0.29, 0.717) is 17.0 Å². The molecule has 3 N–H and O–H groups in total. The zero-order valence-electron chi connectivity index (χ0n) is 11.5. The van der Waals surface area contributed by atoms with Crippen LogP contribution in [0, 0.1) is 0 Å². The summed E-state index contributed by atoms with van der Waals surface area (Å²) >= 11 is 0. The van der Waals surface area contributed by atoms with Crippen LogP contribution in [-0.4, -0.2) is 16.9 Å². The van der Waals surface area contributed by atoms with Gasteiger partial charge < -0.3 is 4.74 Å². The van der Waals surface area contributed by atoms with Gasteiger partial charge in [0.25, 0.3) is 0 Å². The average Bonchev–Trinajstić information content (AvgIpc) is 2.81. The fourth-order valence-corrected chi connectivity index (χ4v) is 2.14. The molecule has 1 aromatic carbocycles. The van der Waals surface area contributed by atoms with Crippen molar-refractivity contribution in [2.24, 2.45) is 12.9 Å². The monoisotopic (exact) mass is 300 g/mol. The summed E-state index contributed by atoms with van der Waals surface area (Å²) in [5, 5.41) is 4.03. The topological polar surface area (TPSA) is 65.1 Å². The van der Waals surface area contributed by atoms with Crippen molar-refractivity contribution in [1.82, 2.24) is 15.2 Å². The molecule has 1 heterocycles. The predicted octanol–water partition coefficient (Wildman–Crippen LogP) is 2.00. The summed E-state index contributed by atoms with van der Waals surface area (Å²) < 4.78 is 45.1. The van der Waals surface area contributed by atoms with Crippen LogP contribution in [0.15, 0.2) is 30.5 Å². The van der Waals surface area contributed by atoms with Crippen LogP contribution in [0.3, 0.4) is 0 Å². The number of nitrogens with two attached hydrogens (primary N) is 1. The van der Waals surface area contributed by atoms with Gasteiger partial charge in [-0.05, 0) is 17.7 Å². The van der Waals surface area contributed by atoms with E-state index in [4.69, 9.17) is 10.6 Å². The van der Waals surface area contributed by atoms with Gasteiger partial charge in [0.05, 0.1) is 24.9 Å². The first kappa shape index (κ1) is 15.3. The summed E-state index contributed by atoms with van der Waals surface area (Å²) in [6.45, 7) is 0. The molecule has 0 aliphatic heterocycles. The van der Waals surface area contributed by atoms with E-state index in [-0.39, 0.29) is 0 Å². The number of aryl methyl sites for hydroxylation is 1. The van der Waals surface area contributed by atoms with E-state index in [1.165, 1.54) is 24.1 Å². The lowest BCUT2D eigenvalue weighted by Crippen LogP contribution is -2.31. The Labute approximate surface area is 119 Å². The van der Waals surface area contributed by atoms with Crippen LogP contribution in [0.4, 0.5) is 13.2 Å². The molecule has 5 nitrogen and oxygen atoms in total. The molecule has 1 atom stereocenters. The van der Waals surface area contributed by atoms with Gasteiger partial charge in [-0.2, -0.15) is 18.3 Å². The third-order valence-electron chi connectivity index (χ3n) is 3.16. The number of aromatic nitrogens is 2. The molecule has 114 valence electrons. The van der Waals surface area contributed by atoms with Crippen LogP contribution in [-0.2, 0) is 13.2 Å². The normalized spacial score (nSPS) is 13.2. The molecule has 0 saturated carbocycles. The van der Waals surface area contributed by atoms with Crippen molar-refractivity contribution in [3.63, 3.8) is 0 Å². The van der Waals surface area contributed by atoms with Gasteiger partial charge in [-0.1, -0.05) is 12.1 Å². The van der Waals surface area contributed by atoms with Crippen LogP contribution in [0.25, 0.3) is 0 Å². The predicted molar refractivity (Wildman–Crippen MR) is 70.4 cm³/mol. The lowest BCUT2D eigenvalue weighted by atomic mass is 10.0. The number of hydrogen-bond donors (Lipinski definition) is 2. The minimum Gasteiger partial charge on any atom is -0.493 e. The largest absolute Gasteiger partial charge is 0.493 e. The lowest BCUT2D eigenvalue weighted by molar-refractivity contribution is -0.137. The van der Waals surface area contributed by atoms with E-state index in [9.17, 15) is 13.2 Å². The maximum absolute atomic E-state index is 12.8. The highest BCUT2D eigenvalue weighted by molar-refractivity contribution is 5.38. The number of methoxy groups -OCH3 is 1. The summed E-state index contributed by atoms with van der Waals surface area (Å²) in [6.07, 6.45) is -2.93. The number of hydrazine groups is 1. The second-order valence-corrected chi connectivity index (χ2v) is 4.44.